The summed E-state index contributed by atoms with van der Waals surface area (Å²) < 4.78 is 49.6. The van der Waals surface area contributed by atoms with Gasteiger partial charge in [0.15, 0.2) is 11.7 Å². The predicted molar refractivity (Wildman–Crippen MR) is 96.9 cm³/mol. The first-order chi connectivity index (χ1) is 13.4. The van der Waals surface area contributed by atoms with Crippen LogP contribution in [0.5, 0.6) is 5.75 Å². The first-order valence-corrected chi connectivity index (χ1v) is 8.42. The van der Waals surface area contributed by atoms with Crippen molar-refractivity contribution in [1.29, 1.82) is 0 Å². The molecule has 3 rings (SSSR count). The molecule has 0 atom stereocenters. The molecule has 0 bridgehead atoms. The van der Waals surface area contributed by atoms with Crippen LogP contribution < -0.4 is 10.1 Å². The van der Waals surface area contributed by atoms with Crippen molar-refractivity contribution in [2.45, 2.75) is 19.0 Å². The normalized spacial score (nSPS) is 11.3. The first kappa shape index (κ1) is 19.5. The molecule has 0 fully saturated rings. The zero-order chi connectivity index (χ0) is 20.1. The molecule has 1 amide bonds. The van der Waals surface area contributed by atoms with Crippen LogP contribution in [0.1, 0.15) is 17.9 Å². The highest BCUT2D eigenvalue weighted by Crippen LogP contribution is 2.34. The lowest BCUT2D eigenvalue weighted by Gasteiger charge is -2.13. The summed E-state index contributed by atoms with van der Waals surface area (Å²) >= 11 is 0. The van der Waals surface area contributed by atoms with Crippen LogP contribution in [0.4, 0.5) is 18.9 Å². The van der Waals surface area contributed by atoms with Gasteiger partial charge in [0, 0.05) is 18.4 Å². The van der Waals surface area contributed by atoms with Crippen molar-refractivity contribution in [3.63, 3.8) is 0 Å². The maximum Gasteiger partial charge on any atom is 0.418 e. The van der Waals surface area contributed by atoms with Crippen molar-refractivity contribution in [3.8, 4) is 17.1 Å². The second-order valence-electron chi connectivity index (χ2n) is 5.94. The van der Waals surface area contributed by atoms with Crippen LogP contribution in [0.25, 0.3) is 11.3 Å². The van der Waals surface area contributed by atoms with Crippen molar-refractivity contribution in [2.75, 3.05) is 12.4 Å². The number of carbonyl (C=O) groups excluding carboxylic acids is 1. The Morgan fingerprint density at radius 1 is 1.14 bits per heavy atom. The number of amides is 1. The number of nitrogens with zero attached hydrogens (tertiary/aromatic N) is 1. The van der Waals surface area contributed by atoms with E-state index in [0.29, 0.717) is 17.4 Å². The van der Waals surface area contributed by atoms with Crippen LogP contribution in [0.15, 0.2) is 59.1 Å². The number of aryl methyl sites for hydroxylation is 1. The molecule has 28 heavy (non-hydrogen) atoms. The topological polar surface area (TPSA) is 64.4 Å². The van der Waals surface area contributed by atoms with Gasteiger partial charge in [0.1, 0.15) is 5.75 Å². The third-order valence-corrected chi connectivity index (χ3v) is 4.00. The van der Waals surface area contributed by atoms with Gasteiger partial charge >= 0.3 is 6.18 Å². The van der Waals surface area contributed by atoms with E-state index in [4.69, 9.17) is 9.15 Å². The summed E-state index contributed by atoms with van der Waals surface area (Å²) in [5.74, 6) is 1.01. The molecule has 146 valence electrons. The number of hydrogen-bond acceptors (Lipinski definition) is 4. The number of alkyl halides is 3. The smallest absolute Gasteiger partial charge is 0.418 e. The molecule has 5 nitrogen and oxygen atoms in total. The van der Waals surface area contributed by atoms with Crippen molar-refractivity contribution in [2.24, 2.45) is 0 Å². The molecule has 0 saturated heterocycles. The van der Waals surface area contributed by atoms with E-state index in [-0.39, 0.29) is 18.5 Å². The summed E-state index contributed by atoms with van der Waals surface area (Å²) in [6.07, 6.45) is -2.90. The number of anilines is 1. The molecule has 8 heteroatoms. The lowest BCUT2D eigenvalue weighted by molar-refractivity contribution is -0.137. The summed E-state index contributed by atoms with van der Waals surface area (Å²) in [4.78, 5) is 16.2. The number of rotatable bonds is 6. The molecule has 1 aromatic heterocycles. The summed E-state index contributed by atoms with van der Waals surface area (Å²) in [6.45, 7) is 0. The minimum atomic E-state index is -4.54. The average molecular weight is 390 g/mol. The van der Waals surface area contributed by atoms with Gasteiger partial charge in [-0.1, -0.05) is 12.1 Å². The maximum absolute atomic E-state index is 13.0. The molecular formula is C20H17F3N2O3. The van der Waals surface area contributed by atoms with Gasteiger partial charge in [0.05, 0.1) is 24.6 Å². The molecule has 0 unspecified atom stereocenters. The third kappa shape index (κ3) is 4.70. The quantitative estimate of drug-likeness (QED) is 0.648. The number of ether oxygens (including phenoxy) is 1. The molecule has 0 saturated carbocycles. The van der Waals surface area contributed by atoms with Gasteiger partial charge in [-0.15, -0.1) is 0 Å². The highest BCUT2D eigenvalue weighted by atomic mass is 19.4. The SMILES string of the molecule is COc1ccc(-c2cnc(CCC(=O)Nc3ccccc3C(F)(F)F)o2)cc1. The number of benzene rings is 2. The molecule has 0 spiro atoms. The van der Waals surface area contributed by atoms with Crippen LogP contribution in [-0.4, -0.2) is 18.0 Å². The van der Waals surface area contributed by atoms with E-state index in [1.54, 1.807) is 19.2 Å². The minimum absolute atomic E-state index is 0.0608. The van der Waals surface area contributed by atoms with Crippen molar-refractivity contribution < 1.29 is 27.1 Å². The van der Waals surface area contributed by atoms with Crippen LogP contribution >= 0.6 is 0 Å². The Bertz CT molecular complexity index is 950. The Morgan fingerprint density at radius 3 is 2.54 bits per heavy atom. The van der Waals surface area contributed by atoms with Crippen molar-refractivity contribution >= 4 is 11.6 Å². The highest BCUT2D eigenvalue weighted by molar-refractivity contribution is 5.91. The van der Waals surface area contributed by atoms with E-state index in [1.807, 2.05) is 12.1 Å². The maximum atomic E-state index is 13.0. The summed E-state index contributed by atoms with van der Waals surface area (Å²) in [5.41, 5.74) is -0.365. The standard InChI is InChI=1S/C20H17F3N2O3/c1-27-14-8-6-13(7-9-14)17-12-24-19(28-17)11-10-18(26)25-16-5-3-2-4-15(16)20(21,22)23/h2-9,12H,10-11H2,1H3,(H,25,26). The molecular weight excluding hydrogens is 373 g/mol. The van der Waals surface area contributed by atoms with Gasteiger partial charge in [0.2, 0.25) is 5.91 Å². The van der Waals surface area contributed by atoms with Gasteiger partial charge in [-0.25, -0.2) is 4.98 Å². The van der Waals surface area contributed by atoms with Gasteiger partial charge in [-0.2, -0.15) is 13.2 Å². The Labute approximate surface area is 159 Å². The fraction of sp³-hybridized carbons (Fsp3) is 0.200. The lowest BCUT2D eigenvalue weighted by Crippen LogP contribution is -2.16. The Kier molecular flexibility index (Phi) is 5.67. The van der Waals surface area contributed by atoms with Crippen LogP contribution in [0.3, 0.4) is 0 Å². The summed E-state index contributed by atoms with van der Waals surface area (Å²) in [6, 6.07) is 12.0. The van der Waals surface area contributed by atoms with Gasteiger partial charge in [-0.3, -0.25) is 4.79 Å². The van der Waals surface area contributed by atoms with Gasteiger partial charge < -0.3 is 14.5 Å². The molecule has 0 aliphatic carbocycles. The molecule has 0 aliphatic heterocycles. The second-order valence-corrected chi connectivity index (χ2v) is 5.94. The van der Waals surface area contributed by atoms with Crippen LogP contribution in [-0.2, 0) is 17.4 Å². The Hall–Kier alpha value is -3.29. The molecule has 3 aromatic rings. The first-order valence-electron chi connectivity index (χ1n) is 8.42. The molecule has 1 N–H and O–H groups in total. The number of nitrogens with one attached hydrogen (secondary N) is 1. The predicted octanol–water partition coefficient (Wildman–Crippen LogP) is 4.94. The van der Waals surface area contributed by atoms with Gasteiger partial charge in [0.25, 0.3) is 0 Å². The van der Waals surface area contributed by atoms with Crippen LogP contribution in [0, 0.1) is 0 Å². The van der Waals surface area contributed by atoms with E-state index < -0.39 is 17.6 Å². The van der Waals surface area contributed by atoms with E-state index in [1.165, 1.54) is 24.4 Å². The zero-order valence-electron chi connectivity index (χ0n) is 14.9. The van der Waals surface area contributed by atoms with E-state index in [9.17, 15) is 18.0 Å². The number of hydrogen-bond donors (Lipinski definition) is 1. The number of aromatic nitrogens is 1. The number of halogens is 3. The van der Waals surface area contributed by atoms with Crippen LogP contribution in [0.2, 0.25) is 0 Å². The zero-order valence-corrected chi connectivity index (χ0v) is 14.9. The average Bonchev–Trinajstić information content (AvgIpc) is 3.15. The summed E-state index contributed by atoms with van der Waals surface area (Å²) in [7, 11) is 1.57. The minimum Gasteiger partial charge on any atom is -0.497 e. The Balaban J connectivity index is 1.61. The fourth-order valence-corrected chi connectivity index (χ4v) is 2.59. The number of oxazole rings is 1. The molecule has 0 radical (unpaired) electrons. The molecule has 0 aliphatic rings. The van der Waals surface area contributed by atoms with E-state index in [0.717, 1.165) is 11.6 Å². The second kappa shape index (κ2) is 8.16. The number of methoxy groups -OCH3 is 1. The molecule has 1 heterocycles. The number of carbonyl (C=O) groups is 1. The Morgan fingerprint density at radius 2 is 1.86 bits per heavy atom. The number of para-hydroxylation sites is 1. The largest absolute Gasteiger partial charge is 0.497 e. The van der Waals surface area contributed by atoms with Crippen molar-refractivity contribution in [3.05, 3.63) is 66.2 Å². The fourth-order valence-electron chi connectivity index (χ4n) is 2.59. The summed E-state index contributed by atoms with van der Waals surface area (Å²) in [5, 5.41) is 2.30. The lowest BCUT2D eigenvalue weighted by atomic mass is 10.1. The van der Waals surface area contributed by atoms with Crippen molar-refractivity contribution in [1.82, 2.24) is 4.98 Å². The third-order valence-electron chi connectivity index (χ3n) is 4.00. The van der Waals surface area contributed by atoms with E-state index in [2.05, 4.69) is 10.3 Å². The van der Waals surface area contributed by atoms with E-state index >= 15 is 0 Å². The van der Waals surface area contributed by atoms with Gasteiger partial charge in [-0.05, 0) is 36.4 Å². The highest BCUT2D eigenvalue weighted by Gasteiger charge is 2.33. The monoisotopic (exact) mass is 390 g/mol. The molecule has 2 aromatic carbocycles.